The van der Waals surface area contributed by atoms with Crippen LogP contribution in [0.25, 0.3) is 0 Å². The number of aromatic nitrogens is 2. The molecule has 2 N–H and O–H groups in total. The molecule has 0 radical (unpaired) electrons. The molecule has 0 aliphatic heterocycles. The van der Waals surface area contributed by atoms with Crippen LogP contribution < -0.4 is 10.6 Å². The van der Waals surface area contributed by atoms with Gasteiger partial charge in [0.1, 0.15) is 0 Å². The SMILES string of the molecule is CCNC(=NCC1(c2ccccc2Br)CC1)NCCCn1cccn1.I. The molecular formula is C19H27BrIN5. The van der Waals surface area contributed by atoms with Crippen molar-refractivity contribution >= 4 is 45.9 Å². The minimum absolute atomic E-state index is 0. The van der Waals surface area contributed by atoms with E-state index in [1.54, 1.807) is 0 Å². The highest BCUT2D eigenvalue weighted by molar-refractivity contribution is 14.0. The molecule has 5 nitrogen and oxygen atoms in total. The number of nitrogens with one attached hydrogen (secondary N) is 2. The van der Waals surface area contributed by atoms with E-state index in [-0.39, 0.29) is 29.4 Å². The Hall–Kier alpha value is -1.09. The Balaban J connectivity index is 0.00000243. The van der Waals surface area contributed by atoms with Crippen LogP contribution in [0, 0.1) is 0 Å². The molecular weight excluding hydrogens is 505 g/mol. The molecule has 0 spiro atoms. The van der Waals surface area contributed by atoms with Gasteiger partial charge in [-0.15, -0.1) is 24.0 Å². The number of nitrogens with zero attached hydrogens (tertiary/aromatic N) is 3. The van der Waals surface area contributed by atoms with Gasteiger partial charge in [-0.25, -0.2) is 0 Å². The van der Waals surface area contributed by atoms with Gasteiger partial charge in [-0.1, -0.05) is 34.1 Å². The summed E-state index contributed by atoms with van der Waals surface area (Å²) in [4.78, 5) is 4.85. The average Bonchev–Trinajstić information content (AvgIpc) is 3.22. The Labute approximate surface area is 181 Å². The Morgan fingerprint density at radius 3 is 2.73 bits per heavy atom. The van der Waals surface area contributed by atoms with E-state index in [1.807, 2.05) is 23.1 Å². The number of halogens is 2. The van der Waals surface area contributed by atoms with Gasteiger partial charge in [0.05, 0.1) is 6.54 Å². The Morgan fingerprint density at radius 2 is 2.08 bits per heavy atom. The number of aryl methyl sites for hydroxylation is 1. The van der Waals surface area contributed by atoms with Crippen LogP contribution in [0.5, 0.6) is 0 Å². The van der Waals surface area contributed by atoms with Crippen LogP contribution in [-0.4, -0.2) is 35.4 Å². The van der Waals surface area contributed by atoms with E-state index in [2.05, 4.69) is 62.9 Å². The fourth-order valence-corrected chi connectivity index (χ4v) is 3.71. The number of guanidine groups is 1. The molecule has 1 aromatic heterocycles. The summed E-state index contributed by atoms with van der Waals surface area (Å²) in [5.74, 6) is 0.904. The van der Waals surface area contributed by atoms with Gasteiger partial charge in [0.2, 0.25) is 0 Å². The average molecular weight is 532 g/mol. The van der Waals surface area contributed by atoms with Crippen molar-refractivity contribution < 1.29 is 0 Å². The third-order valence-electron chi connectivity index (χ3n) is 4.60. The quantitative estimate of drug-likeness (QED) is 0.235. The molecule has 142 valence electrons. The lowest BCUT2D eigenvalue weighted by Gasteiger charge is -2.17. The van der Waals surface area contributed by atoms with Crippen LogP contribution in [0.1, 0.15) is 31.7 Å². The fourth-order valence-electron chi connectivity index (χ4n) is 3.01. The second-order valence-electron chi connectivity index (χ2n) is 6.50. The molecule has 2 aromatic rings. The molecule has 0 amide bonds. The summed E-state index contributed by atoms with van der Waals surface area (Å²) < 4.78 is 3.15. The summed E-state index contributed by atoms with van der Waals surface area (Å²) in [6.07, 6.45) is 7.24. The highest BCUT2D eigenvalue weighted by atomic mass is 127. The van der Waals surface area contributed by atoms with Crippen molar-refractivity contribution in [2.45, 2.75) is 38.1 Å². The normalized spacial score (nSPS) is 15.2. The topological polar surface area (TPSA) is 54.2 Å². The molecule has 1 aromatic carbocycles. The molecule has 0 saturated heterocycles. The second kappa shape index (κ2) is 10.3. The molecule has 0 bridgehead atoms. The molecule has 1 heterocycles. The van der Waals surface area contributed by atoms with E-state index < -0.39 is 0 Å². The van der Waals surface area contributed by atoms with Gasteiger partial charge in [-0.05, 0) is 43.9 Å². The van der Waals surface area contributed by atoms with Crippen molar-refractivity contribution in [3.8, 4) is 0 Å². The van der Waals surface area contributed by atoms with Crippen molar-refractivity contribution in [2.24, 2.45) is 4.99 Å². The van der Waals surface area contributed by atoms with Gasteiger partial charge >= 0.3 is 0 Å². The Kier molecular flexibility index (Phi) is 8.40. The van der Waals surface area contributed by atoms with Crippen molar-refractivity contribution in [3.63, 3.8) is 0 Å². The third kappa shape index (κ3) is 5.70. The predicted molar refractivity (Wildman–Crippen MR) is 121 cm³/mol. The third-order valence-corrected chi connectivity index (χ3v) is 5.29. The van der Waals surface area contributed by atoms with E-state index in [0.717, 1.165) is 38.6 Å². The summed E-state index contributed by atoms with van der Waals surface area (Å²) in [7, 11) is 0. The van der Waals surface area contributed by atoms with Gasteiger partial charge in [0, 0.05) is 41.9 Å². The van der Waals surface area contributed by atoms with Crippen molar-refractivity contribution in [1.29, 1.82) is 0 Å². The predicted octanol–water partition coefficient (Wildman–Crippen LogP) is 3.94. The number of rotatable bonds is 8. The van der Waals surface area contributed by atoms with Crippen LogP contribution in [-0.2, 0) is 12.0 Å². The first-order chi connectivity index (χ1) is 12.2. The molecule has 7 heteroatoms. The maximum atomic E-state index is 4.85. The van der Waals surface area contributed by atoms with Crippen LogP contribution in [0.2, 0.25) is 0 Å². The second-order valence-corrected chi connectivity index (χ2v) is 7.36. The molecule has 0 unspecified atom stereocenters. The monoisotopic (exact) mass is 531 g/mol. The lowest BCUT2D eigenvalue weighted by Crippen LogP contribution is -2.38. The summed E-state index contributed by atoms with van der Waals surface area (Å²) in [5, 5.41) is 11.0. The van der Waals surface area contributed by atoms with Gasteiger partial charge in [0.25, 0.3) is 0 Å². The van der Waals surface area contributed by atoms with E-state index in [4.69, 9.17) is 4.99 Å². The zero-order chi connectivity index (χ0) is 17.5. The minimum Gasteiger partial charge on any atom is -0.357 e. The highest BCUT2D eigenvalue weighted by Gasteiger charge is 2.45. The Morgan fingerprint density at radius 1 is 1.27 bits per heavy atom. The largest absolute Gasteiger partial charge is 0.357 e. The molecule has 1 fully saturated rings. The zero-order valence-corrected chi connectivity index (χ0v) is 19.0. The molecule has 26 heavy (non-hydrogen) atoms. The standard InChI is InChI=1S/C19H26BrN5.HI/c1-2-21-18(22-11-5-13-25-14-6-12-24-25)23-15-19(9-10-19)16-7-3-4-8-17(16)20;/h3-4,6-8,12,14H,2,5,9-11,13,15H2,1H3,(H2,21,22,23);1H. The molecule has 3 rings (SSSR count). The van der Waals surface area contributed by atoms with E-state index in [0.29, 0.717) is 0 Å². The molecule has 1 saturated carbocycles. The summed E-state index contributed by atoms with van der Waals surface area (Å²) in [5.41, 5.74) is 1.59. The molecule has 1 aliphatic rings. The fraction of sp³-hybridized carbons (Fsp3) is 0.474. The number of hydrogen-bond donors (Lipinski definition) is 2. The maximum absolute atomic E-state index is 4.85. The molecule has 0 atom stereocenters. The summed E-state index contributed by atoms with van der Waals surface area (Å²) >= 11 is 3.69. The van der Waals surface area contributed by atoms with Crippen LogP contribution in [0.15, 0.2) is 52.2 Å². The van der Waals surface area contributed by atoms with Crippen molar-refractivity contribution in [1.82, 2.24) is 20.4 Å². The van der Waals surface area contributed by atoms with Gasteiger partial charge in [-0.2, -0.15) is 5.10 Å². The van der Waals surface area contributed by atoms with Crippen LogP contribution >= 0.6 is 39.9 Å². The number of aliphatic imine (C=N–C) groups is 1. The smallest absolute Gasteiger partial charge is 0.191 e. The lowest BCUT2D eigenvalue weighted by atomic mass is 9.96. The Bertz CT molecular complexity index is 698. The first kappa shape index (κ1) is 21.2. The van der Waals surface area contributed by atoms with Crippen molar-refractivity contribution in [2.75, 3.05) is 19.6 Å². The van der Waals surface area contributed by atoms with Crippen LogP contribution in [0.4, 0.5) is 0 Å². The van der Waals surface area contributed by atoms with Gasteiger partial charge in [0.15, 0.2) is 5.96 Å². The van der Waals surface area contributed by atoms with E-state index >= 15 is 0 Å². The highest BCUT2D eigenvalue weighted by Crippen LogP contribution is 2.50. The number of hydrogen-bond acceptors (Lipinski definition) is 2. The van der Waals surface area contributed by atoms with Gasteiger partial charge in [-0.3, -0.25) is 9.67 Å². The number of benzene rings is 1. The van der Waals surface area contributed by atoms with Gasteiger partial charge < -0.3 is 10.6 Å². The van der Waals surface area contributed by atoms with Crippen molar-refractivity contribution in [3.05, 3.63) is 52.8 Å². The summed E-state index contributed by atoms with van der Waals surface area (Å²) in [6.45, 7) is 5.59. The van der Waals surface area contributed by atoms with E-state index in [9.17, 15) is 0 Å². The zero-order valence-electron chi connectivity index (χ0n) is 15.1. The summed E-state index contributed by atoms with van der Waals surface area (Å²) in [6, 6.07) is 10.5. The first-order valence-corrected chi connectivity index (χ1v) is 9.77. The van der Waals surface area contributed by atoms with E-state index in [1.165, 1.54) is 22.9 Å². The first-order valence-electron chi connectivity index (χ1n) is 8.98. The minimum atomic E-state index is 0. The maximum Gasteiger partial charge on any atom is 0.191 e. The molecule has 1 aliphatic carbocycles. The van der Waals surface area contributed by atoms with Crippen LogP contribution in [0.3, 0.4) is 0 Å². The lowest BCUT2D eigenvalue weighted by molar-refractivity contribution is 0.569.